The van der Waals surface area contributed by atoms with Crippen LogP contribution in [0.25, 0.3) is 10.9 Å². The van der Waals surface area contributed by atoms with Gasteiger partial charge >= 0.3 is 0 Å². The van der Waals surface area contributed by atoms with E-state index in [0.29, 0.717) is 17.3 Å². The molecule has 1 aromatic heterocycles. The maximum atomic E-state index is 11.8. The van der Waals surface area contributed by atoms with E-state index < -0.39 is 0 Å². The van der Waals surface area contributed by atoms with Crippen molar-refractivity contribution >= 4 is 40.3 Å². The van der Waals surface area contributed by atoms with Gasteiger partial charge < -0.3 is 14.0 Å². The largest absolute Gasteiger partial charge is 0.454 e. The number of nitrogens with zero attached hydrogens (tertiary/aromatic N) is 2. The van der Waals surface area contributed by atoms with Gasteiger partial charge in [0.25, 0.3) is 0 Å². The van der Waals surface area contributed by atoms with Crippen LogP contribution in [0.1, 0.15) is 18.2 Å². The van der Waals surface area contributed by atoms with Gasteiger partial charge in [0.1, 0.15) is 0 Å². The van der Waals surface area contributed by atoms with Gasteiger partial charge in [-0.05, 0) is 54.4 Å². The third-order valence-electron chi connectivity index (χ3n) is 5.62. The van der Waals surface area contributed by atoms with Gasteiger partial charge in [-0.3, -0.25) is 9.69 Å². The second kappa shape index (κ2) is 8.00. The first-order valence-electron chi connectivity index (χ1n) is 10.2. The van der Waals surface area contributed by atoms with Crippen LogP contribution in [0.4, 0.5) is 11.4 Å². The number of carbonyl (C=O) groups is 1. The Labute approximate surface area is 185 Å². The van der Waals surface area contributed by atoms with Gasteiger partial charge in [0, 0.05) is 45.6 Å². The first-order chi connectivity index (χ1) is 15.2. The molecule has 156 valence electrons. The van der Waals surface area contributed by atoms with Gasteiger partial charge in [0.15, 0.2) is 11.5 Å². The number of para-hydroxylation sites is 1. The quantitative estimate of drug-likeness (QED) is 0.355. The highest BCUT2D eigenvalue weighted by atomic mass is 35.5. The second-order valence-electron chi connectivity index (χ2n) is 7.43. The molecular weight excluding hydrogens is 412 g/mol. The molecule has 5 nitrogen and oxygen atoms in total. The molecule has 0 atom stereocenters. The second-order valence-corrected chi connectivity index (χ2v) is 7.83. The van der Waals surface area contributed by atoms with Crippen LogP contribution in [-0.2, 0) is 17.8 Å². The molecule has 0 saturated carbocycles. The molecule has 0 N–H and O–H groups in total. The first kappa shape index (κ1) is 19.5. The number of anilines is 2. The number of halogens is 1. The fourth-order valence-electron chi connectivity index (χ4n) is 4.06. The highest BCUT2D eigenvalue weighted by Gasteiger charge is 2.18. The Balaban J connectivity index is 1.55. The van der Waals surface area contributed by atoms with Crippen LogP contribution in [0.2, 0.25) is 5.02 Å². The van der Waals surface area contributed by atoms with Crippen molar-refractivity contribution in [1.29, 1.82) is 0 Å². The molecule has 1 aliphatic rings. The minimum atomic E-state index is 0.221. The predicted octanol–water partition coefficient (Wildman–Crippen LogP) is 5.93. The molecule has 0 aliphatic carbocycles. The maximum Gasteiger partial charge on any atom is 0.231 e. The number of amides is 1. The van der Waals surface area contributed by atoms with E-state index in [1.807, 2.05) is 54.6 Å². The van der Waals surface area contributed by atoms with E-state index in [4.69, 9.17) is 21.1 Å². The fraction of sp³-hybridized carbons (Fsp3) is 0.160. The van der Waals surface area contributed by atoms with Crippen LogP contribution in [0, 0.1) is 0 Å². The SMILES string of the molecule is CCc1cc2cc(N(C=O)c3ccccc3)ccc2n1Cc1cc2c(cc1Cl)OCO2. The molecule has 0 saturated heterocycles. The van der Waals surface area contributed by atoms with E-state index in [9.17, 15) is 4.79 Å². The molecule has 5 rings (SSSR count). The summed E-state index contributed by atoms with van der Waals surface area (Å²) in [5.41, 5.74) is 4.92. The van der Waals surface area contributed by atoms with Gasteiger partial charge in [-0.25, -0.2) is 0 Å². The number of ether oxygens (including phenoxy) is 2. The average Bonchev–Trinajstić information content (AvgIpc) is 3.39. The summed E-state index contributed by atoms with van der Waals surface area (Å²) in [7, 11) is 0. The van der Waals surface area contributed by atoms with Crippen molar-refractivity contribution in [2.24, 2.45) is 0 Å². The third kappa shape index (κ3) is 3.51. The molecule has 4 aromatic rings. The number of benzene rings is 3. The molecule has 0 spiro atoms. The highest BCUT2D eigenvalue weighted by Crippen LogP contribution is 2.38. The zero-order valence-corrected chi connectivity index (χ0v) is 17.8. The van der Waals surface area contributed by atoms with Gasteiger partial charge in [-0.15, -0.1) is 0 Å². The van der Waals surface area contributed by atoms with Gasteiger partial charge in [-0.2, -0.15) is 0 Å². The Hall–Kier alpha value is -3.44. The van der Waals surface area contributed by atoms with Gasteiger partial charge in [-0.1, -0.05) is 36.7 Å². The Morgan fingerprint density at radius 1 is 1.00 bits per heavy atom. The lowest BCUT2D eigenvalue weighted by Gasteiger charge is -2.18. The van der Waals surface area contributed by atoms with Crippen molar-refractivity contribution in [3.8, 4) is 11.5 Å². The molecule has 6 heteroatoms. The van der Waals surface area contributed by atoms with Crippen molar-refractivity contribution < 1.29 is 14.3 Å². The van der Waals surface area contributed by atoms with Gasteiger partial charge in [0.2, 0.25) is 13.2 Å². The molecule has 31 heavy (non-hydrogen) atoms. The van der Waals surface area contributed by atoms with E-state index in [1.54, 1.807) is 4.90 Å². The van der Waals surface area contributed by atoms with Crippen LogP contribution < -0.4 is 14.4 Å². The highest BCUT2D eigenvalue weighted by molar-refractivity contribution is 6.31. The number of carbonyl (C=O) groups excluding carboxylic acids is 1. The molecular formula is C25H21ClN2O3. The number of aryl methyl sites for hydroxylation is 1. The molecule has 1 aliphatic heterocycles. The summed E-state index contributed by atoms with van der Waals surface area (Å²) in [6.45, 7) is 2.98. The van der Waals surface area contributed by atoms with E-state index in [2.05, 4.69) is 23.6 Å². The summed E-state index contributed by atoms with van der Waals surface area (Å²) in [5, 5.41) is 1.73. The first-order valence-corrected chi connectivity index (χ1v) is 10.6. The number of aromatic nitrogens is 1. The summed E-state index contributed by atoms with van der Waals surface area (Å²) in [4.78, 5) is 13.5. The van der Waals surface area contributed by atoms with Crippen molar-refractivity contribution in [1.82, 2.24) is 4.57 Å². The topological polar surface area (TPSA) is 43.7 Å². The summed E-state index contributed by atoms with van der Waals surface area (Å²) >= 11 is 6.53. The average molecular weight is 433 g/mol. The normalized spacial score (nSPS) is 12.3. The van der Waals surface area contributed by atoms with Crippen LogP contribution in [0.15, 0.2) is 66.7 Å². The molecule has 0 bridgehead atoms. The molecule has 0 unspecified atom stereocenters. The minimum Gasteiger partial charge on any atom is -0.454 e. The van der Waals surface area contributed by atoms with E-state index >= 15 is 0 Å². The Kier molecular flexibility index (Phi) is 5.04. The molecule has 0 radical (unpaired) electrons. The van der Waals surface area contributed by atoms with E-state index in [1.165, 1.54) is 5.69 Å². The zero-order valence-electron chi connectivity index (χ0n) is 17.0. The zero-order chi connectivity index (χ0) is 21.4. The molecule has 3 aromatic carbocycles. The van der Waals surface area contributed by atoms with Crippen LogP contribution in [0.5, 0.6) is 11.5 Å². The fourth-order valence-corrected chi connectivity index (χ4v) is 4.27. The summed E-state index contributed by atoms with van der Waals surface area (Å²) in [6.07, 6.45) is 1.73. The lowest BCUT2D eigenvalue weighted by atomic mass is 10.2. The Bertz CT molecular complexity index is 1270. The van der Waals surface area contributed by atoms with Crippen LogP contribution >= 0.6 is 11.6 Å². The Morgan fingerprint density at radius 3 is 2.52 bits per heavy atom. The predicted molar refractivity (Wildman–Crippen MR) is 123 cm³/mol. The summed E-state index contributed by atoms with van der Waals surface area (Å²) in [5.74, 6) is 1.40. The van der Waals surface area contributed by atoms with E-state index in [0.717, 1.165) is 46.4 Å². The number of hydrogen-bond donors (Lipinski definition) is 0. The summed E-state index contributed by atoms with van der Waals surface area (Å²) < 4.78 is 13.2. The van der Waals surface area contributed by atoms with Crippen molar-refractivity contribution in [3.05, 3.63) is 83.0 Å². The smallest absolute Gasteiger partial charge is 0.231 e. The van der Waals surface area contributed by atoms with E-state index in [-0.39, 0.29) is 6.79 Å². The van der Waals surface area contributed by atoms with Crippen molar-refractivity contribution in [3.63, 3.8) is 0 Å². The Morgan fingerprint density at radius 2 is 1.77 bits per heavy atom. The monoisotopic (exact) mass is 432 g/mol. The van der Waals surface area contributed by atoms with Crippen molar-refractivity contribution in [2.75, 3.05) is 11.7 Å². The lowest BCUT2D eigenvalue weighted by molar-refractivity contribution is -0.106. The summed E-state index contributed by atoms with van der Waals surface area (Å²) in [6, 6.07) is 21.6. The number of fused-ring (bicyclic) bond motifs is 2. The number of hydrogen-bond acceptors (Lipinski definition) is 3. The number of rotatable bonds is 6. The molecule has 0 fully saturated rings. The van der Waals surface area contributed by atoms with Crippen LogP contribution in [0.3, 0.4) is 0 Å². The van der Waals surface area contributed by atoms with Crippen LogP contribution in [-0.4, -0.2) is 17.8 Å². The van der Waals surface area contributed by atoms with Gasteiger partial charge in [0.05, 0.1) is 0 Å². The minimum absolute atomic E-state index is 0.221. The van der Waals surface area contributed by atoms with Crippen molar-refractivity contribution in [2.45, 2.75) is 19.9 Å². The lowest BCUT2D eigenvalue weighted by Crippen LogP contribution is -2.13. The standard InChI is InChI=1S/C25H21ClN2O3/c1-2-19-10-17-11-21(28(15-29)20-6-4-3-5-7-20)8-9-23(17)27(19)14-18-12-24-25(13-22(18)26)31-16-30-24/h3-13,15H,2,14,16H2,1H3. The molecule has 1 amide bonds. The molecule has 2 heterocycles. The maximum absolute atomic E-state index is 11.8. The third-order valence-corrected chi connectivity index (χ3v) is 5.97.